The van der Waals surface area contributed by atoms with Gasteiger partial charge in [0.05, 0.1) is 6.10 Å². The molecule has 0 fully saturated rings. The van der Waals surface area contributed by atoms with Gasteiger partial charge in [-0.15, -0.1) is 0 Å². The van der Waals surface area contributed by atoms with E-state index in [0.29, 0.717) is 5.92 Å². The van der Waals surface area contributed by atoms with Crippen molar-refractivity contribution < 1.29 is 5.11 Å². The maximum absolute atomic E-state index is 9.31. The Balaban J connectivity index is 1.96. The normalized spacial score (nSPS) is 26.4. The predicted octanol–water partition coefficient (Wildman–Crippen LogP) is 2.56. The quantitative estimate of drug-likeness (QED) is 0.707. The highest BCUT2D eigenvalue weighted by molar-refractivity contribution is 5.17. The topological polar surface area (TPSA) is 20.2 Å². The summed E-state index contributed by atoms with van der Waals surface area (Å²) in [6.07, 6.45) is 6.99. The summed E-state index contributed by atoms with van der Waals surface area (Å²) >= 11 is 0. The molecule has 1 heteroatoms. The van der Waals surface area contributed by atoms with E-state index in [1.165, 1.54) is 5.56 Å². The lowest BCUT2D eigenvalue weighted by Gasteiger charge is -2.19. The number of aliphatic hydroxyl groups is 1. The van der Waals surface area contributed by atoms with E-state index in [0.717, 1.165) is 19.3 Å². The first-order valence-corrected chi connectivity index (χ1v) is 5.25. The second kappa shape index (κ2) is 4.43. The SMILES string of the molecule is O[C@H]1C=C[C@@H](Cc2ccccc2)CC1. The fourth-order valence-corrected chi connectivity index (χ4v) is 1.95. The zero-order valence-corrected chi connectivity index (χ0v) is 8.26. The van der Waals surface area contributed by atoms with Gasteiger partial charge in [-0.05, 0) is 30.7 Å². The van der Waals surface area contributed by atoms with Crippen molar-refractivity contribution in [1.82, 2.24) is 0 Å². The zero-order chi connectivity index (χ0) is 9.80. The van der Waals surface area contributed by atoms with E-state index in [-0.39, 0.29) is 6.10 Å². The Bertz CT molecular complexity index is 302. The van der Waals surface area contributed by atoms with Gasteiger partial charge in [-0.2, -0.15) is 0 Å². The van der Waals surface area contributed by atoms with Gasteiger partial charge in [0.1, 0.15) is 0 Å². The average molecular weight is 188 g/mol. The van der Waals surface area contributed by atoms with Gasteiger partial charge in [-0.3, -0.25) is 0 Å². The van der Waals surface area contributed by atoms with Gasteiger partial charge < -0.3 is 5.11 Å². The van der Waals surface area contributed by atoms with E-state index in [9.17, 15) is 5.11 Å². The lowest BCUT2D eigenvalue weighted by atomic mass is 9.89. The molecule has 0 aromatic heterocycles. The number of hydrogen-bond donors (Lipinski definition) is 1. The molecule has 14 heavy (non-hydrogen) atoms. The molecule has 2 rings (SSSR count). The highest BCUT2D eigenvalue weighted by Crippen LogP contribution is 2.21. The molecule has 0 amide bonds. The molecule has 0 unspecified atom stereocenters. The molecule has 1 aliphatic rings. The van der Waals surface area contributed by atoms with Crippen molar-refractivity contribution in [3.05, 3.63) is 48.0 Å². The fourth-order valence-electron chi connectivity index (χ4n) is 1.95. The molecule has 0 bridgehead atoms. The minimum atomic E-state index is -0.206. The Labute approximate surface area is 85.1 Å². The van der Waals surface area contributed by atoms with Crippen LogP contribution >= 0.6 is 0 Å². The second-order valence-electron chi connectivity index (χ2n) is 3.98. The Morgan fingerprint density at radius 1 is 1.07 bits per heavy atom. The monoisotopic (exact) mass is 188 g/mol. The third-order valence-corrected chi connectivity index (χ3v) is 2.78. The minimum Gasteiger partial charge on any atom is -0.389 e. The number of allylic oxidation sites excluding steroid dienone is 1. The first-order valence-electron chi connectivity index (χ1n) is 5.25. The summed E-state index contributed by atoms with van der Waals surface area (Å²) in [5, 5.41) is 9.31. The van der Waals surface area contributed by atoms with Crippen LogP contribution in [0.2, 0.25) is 0 Å². The van der Waals surface area contributed by atoms with Crippen molar-refractivity contribution in [3.8, 4) is 0 Å². The summed E-state index contributed by atoms with van der Waals surface area (Å²) in [5.74, 6) is 0.612. The van der Waals surface area contributed by atoms with Gasteiger partial charge in [0.15, 0.2) is 0 Å². The summed E-state index contributed by atoms with van der Waals surface area (Å²) in [7, 11) is 0. The Morgan fingerprint density at radius 2 is 1.86 bits per heavy atom. The van der Waals surface area contributed by atoms with Crippen LogP contribution in [-0.4, -0.2) is 11.2 Å². The highest BCUT2D eigenvalue weighted by atomic mass is 16.3. The number of aliphatic hydroxyl groups excluding tert-OH is 1. The fraction of sp³-hybridized carbons (Fsp3) is 0.385. The maximum Gasteiger partial charge on any atom is 0.0721 e. The lowest BCUT2D eigenvalue weighted by molar-refractivity contribution is 0.195. The predicted molar refractivity (Wildman–Crippen MR) is 58.0 cm³/mol. The molecule has 1 N–H and O–H groups in total. The largest absolute Gasteiger partial charge is 0.389 e. The van der Waals surface area contributed by atoms with E-state index in [2.05, 4.69) is 30.3 Å². The molecular weight excluding hydrogens is 172 g/mol. The molecule has 1 aliphatic carbocycles. The Morgan fingerprint density at radius 3 is 2.50 bits per heavy atom. The zero-order valence-electron chi connectivity index (χ0n) is 8.26. The molecule has 0 aliphatic heterocycles. The smallest absolute Gasteiger partial charge is 0.0721 e. The van der Waals surface area contributed by atoms with Gasteiger partial charge in [-0.25, -0.2) is 0 Å². The van der Waals surface area contributed by atoms with E-state index >= 15 is 0 Å². The van der Waals surface area contributed by atoms with E-state index < -0.39 is 0 Å². The lowest BCUT2D eigenvalue weighted by Crippen LogP contribution is -2.13. The molecule has 0 radical (unpaired) electrons. The first-order chi connectivity index (χ1) is 6.84. The molecule has 74 valence electrons. The van der Waals surface area contributed by atoms with Gasteiger partial charge >= 0.3 is 0 Å². The third-order valence-electron chi connectivity index (χ3n) is 2.78. The average Bonchev–Trinajstić information content (AvgIpc) is 2.23. The van der Waals surface area contributed by atoms with E-state index in [1.54, 1.807) is 0 Å². The highest BCUT2D eigenvalue weighted by Gasteiger charge is 2.13. The van der Waals surface area contributed by atoms with Crippen molar-refractivity contribution in [1.29, 1.82) is 0 Å². The van der Waals surface area contributed by atoms with Crippen LogP contribution in [-0.2, 0) is 6.42 Å². The first kappa shape index (κ1) is 9.47. The van der Waals surface area contributed by atoms with Gasteiger partial charge in [0.25, 0.3) is 0 Å². The molecule has 0 saturated heterocycles. The third kappa shape index (κ3) is 2.46. The maximum atomic E-state index is 9.31. The van der Waals surface area contributed by atoms with Crippen LogP contribution in [0.5, 0.6) is 0 Å². The van der Waals surface area contributed by atoms with Crippen LogP contribution in [0.4, 0.5) is 0 Å². The summed E-state index contributed by atoms with van der Waals surface area (Å²) in [6.45, 7) is 0. The van der Waals surface area contributed by atoms with E-state index in [4.69, 9.17) is 0 Å². The van der Waals surface area contributed by atoms with Crippen LogP contribution in [0, 0.1) is 5.92 Å². The van der Waals surface area contributed by atoms with Gasteiger partial charge in [-0.1, -0.05) is 42.5 Å². The van der Waals surface area contributed by atoms with Crippen LogP contribution < -0.4 is 0 Å². The Hall–Kier alpha value is -1.08. The van der Waals surface area contributed by atoms with Crippen LogP contribution in [0.25, 0.3) is 0 Å². The number of hydrogen-bond acceptors (Lipinski definition) is 1. The molecule has 1 nitrogen and oxygen atoms in total. The summed E-state index contributed by atoms with van der Waals surface area (Å²) < 4.78 is 0. The van der Waals surface area contributed by atoms with Crippen molar-refractivity contribution >= 4 is 0 Å². The molecule has 1 aromatic rings. The van der Waals surface area contributed by atoms with Crippen LogP contribution in [0.1, 0.15) is 18.4 Å². The minimum absolute atomic E-state index is 0.206. The van der Waals surface area contributed by atoms with Crippen molar-refractivity contribution in [2.75, 3.05) is 0 Å². The van der Waals surface area contributed by atoms with Crippen LogP contribution in [0.3, 0.4) is 0 Å². The van der Waals surface area contributed by atoms with Crippen LogP contribution in [0.15, 0.2) is 42.5 Å². The molecule has 2 atom stereocenters. The molecule has 0 saturated carbocycles. The molecular formula is C13H16O. The van der Waals surface area contributed by atoms with Crippen molar-refractivity contribution in [3.63, 3.8) is 0 Å². The molecule has 0 heterocycles. The second-order valence-corrected chi connectivity index (χ2v) is 3.98. The number of rotatable bonds is 2. The molecule has 1 aromatic carbocycles. The van der Waals surface area contributed by atoms with Gasteiger partial charge in [0.2, 0.25) is 0 Å². The van der Waals surface area contributed by atoms with E-state index in [1.807, 2.05) is 12.1 Å². The van der Waals surface area contributed by atoms with Crippen molar-refractivity contribution in [2.24, 2.45) is 5.92 Å². The number of benzene rings is 1. The summed E-state index contributed by atoms with van der Waals surface area (Å²) in [5.41, 5.74) is 1.39. The summed E-state index contributed by atoms with van der Waals surface area (Å²) in [6, 6.07) is 10.5. The van der Waals surface area contributed by atoms with Crippen molar-refractivity contribution in [2.45, 2.75) is 25.4 Å². The Kier molecular flexibility index (Phi) is 3.00. The standard InChI is InChI=1S/C13H16O/c14-13-8-6-12(7-9-13)10-11-4-2-1-3-5-11/h1-6,8,12-14H,7,9-10H2/t12-,13+/m1/s1. The molecule has 0 spiro atoms. The van der Waals surface area contributed by atoms with Gasteiger partial charge in [0, 0.05) is 0 Å². The summed E-state index contributed by atoms with van der Waals surface area (Å²) in [4.78, 5) is 0.